The normalized spacial score (nSPS) is 10.5. The van der Waals surface area contributed by atoms with Gasteiger partial charge in [0.2, 0.25) is 0 Å². The molecule has 0 bridgehead atoms. The van der Waals surface area contributed by atoms with E-state index in [0.29, 0.717) is 17.6 Å². The van der Waals surface area contributed by atoms with Gasteiger partial charge in [-0.05, 0) is 0 Å². The van der Waals surface area contributed by atoms with Crippen molar-refractivity contribution in [2.45, 2.75) is 27.8 Å². The number of carbonyl (C=O) groups is 1. The molecule has 0 amide bonds. The first kappa shape index (κ1) is 14.5. The Morgan fingerprint density at radius 3 is 2.88 bits per heavy atom. The topological polar surface area (TPSA) is 52.1 Å². The van der Waals surface area contributed by atoms with Crippen molar-refractivity contribution in [1.29, 1.82) is 0 Å². The van der Waals surface area contributed by atoms with Crippen molar-refractivity contribution in [3.8, 4) is 0 Å². The highest BCUT2D eigenvalue weighted by Crippen LogP contribution is 2.30. The van der Waals surface area contributed by atoms with Crippen LogP contribution < -0.4 is 0 Å². The third kappa shape index (κ3) is 6.09. The van der Waals surface area contributed by atoms with Crippen LogP contribution in [0.1, 0.15) is 13.8 Å². The van der Waals surface area contributed by atoms with Gasteiger partial charge in [-0.15, -0.1) is 10.2 Å². The van der Waals surface area contributed by atoms with Crippen molar-refractivity contribution in [1.82, 2.24) is 10.2 Å². The van der Waals surface area contributed by atoms with Crippen molar-refractivity contribution < 1.29 is 9.53 Å². The lowest BCUT2D eigenvalue weighted by molar-refractivity contribution is -0.137. The van der Waals surface area contributed by atoms with Gasteiger partial charge in [0.1, 0.15) is 6.61 Å². The number of esters is 1. The second-order valence-electron chi connectivity index (χ2n) is 3.22. The summed E-state index contributed by atoms with van der Waals surface area (Å²) in [4.78, 5) is 10.8. The molecule has 0 aromatic carbocycles. The van der Waals surface area contributed by atoms with E-state index in [-0.39, 0.29) is 5.97 Å². The average Bonchev–Trinajstić information content (AvgIpc) is 2.70. The van der Waals surface area contributed by atoms with Crippen molar-refractivity contribution in [3.63, 3.8) is 0 Å². The maximum Gasteiger partial charge on any atom is 0.330 e. The monoisotopic (exact) mass is 290 g/mol. The number of thioether (sulfide) groups is 2. The predicted molar refractivity (Wildman–Crippen MR) is 72.8 cm³/mol. The van der Waals surface area contributed by atoms with Crippen LogP contribution in [0.2, 0.25) is 0 Å². The summed E-state index contributed by atoms with van der Waals surface area (Å²) in [5, 5.41) is 8.64. The fourth-order valence-electron chi connectivity index (χ4n) is 0.835. The lowest BCUT2D eigenvalue weighted by atomic mass is 10.6. The van der Waals surface area contributed by atoms with Crippen LogP contribution in [0.3, 0.4) is 0 Å². The summed E-state index contributed by atoms with van der Waals surface area (Å²) in [7, 11) is 0. The fraction of sp³-hybridized carbons (Fsp3) is 0.500. The molecule has 0 fully saturated rings. The molecule has 1 heterocycles. The summed E-state index contributed by atoms with van der Waals surface area (Å²) in [5.74, 6) is 0.291. The zero-order valence-electron chi connectivity index (χ0n) is 9.71. The molecular formula is C10H14N2O2S3. The summed E-state index contributed by atoms with van der Waals surface area (Å²) in [5.41, 5.74) is 0. The molecule has 0 radical (unpaired) electrons. The zero-order chi connectivity index (χ0) is 12.7. The first-order valence-electron chi connectivity index (χ1n) is 5.04. The van der Waals surface area contributed by atoms with Crippen LogP contribution in [0.5, 0.6) is 0 Å². The van der Waals surface area contributed by atoms with Gasteiger partial charge in [-0.1, -0.05) is 55.3 Å². The summed E-state index contributed by atoms with van der Waals surface area (Å²) < 4.78 is 6.74. The Morgan fingerprint density at radius 2 is 2.24 bits per heavy atom. The van der Waals surface area contributed by atoms with E-state index < -0.39 is 0 Å². The fourth-order valence-corrected chi connectivity index (χ4v) is 3.97. The van der Waals surface area contributed by atoms with Crippen molar-refractivity contribution in [3.05, 3.63) is 12.7 Å². The molecule has 7 heteroatoms. The van der Waals surface area contributed by atoms with Gasteiger partial charge in [-0.3, -0.25) is 0 Å². The van der Waals surface area contributed by atoms with E-state index in [4.69, 9.17) is 4.74 Å². The molecule has 0 spiro atoms. The first-order chi connectivity index (χ1) is 8.11. The molecule has 17 heavy (non-hydrogen) atoms. The molecule has 94 valence electrons. The van der Waals surface area contributed by atoms with Crippen LogP contribution in [-0.4, -0.2) is 33.8 Å². The second kappa shape index (κ2) is 7.73. The smallest absolute Gasteiger partial charge is 0.330 e. The molecule has 0 saturated heterocycles. The van der Waals surface area contributed by atoms with E-state index >= 15 is 0 Å². The Balaban J connectivity index is 2.25. The minimum Gasteiger partial charge on any atom is -0.462 e. The molecule has 1 aromatic heterocycles. The number of hydrogen-bond acceptors (Lipinski definition) is 7. The molecule has 1 aromatic rings. The molecule has 0 atom stereocenters. The Hall–Kier alpha value is -0.530. The van der Waals surface area contributed by atoms with Gasteiger partial charge in [0, 0.05) is 17.1 Å². The molecule has 0 aliphatic carbocycles. The number of ether oxygens (including phenoxy) is 1. The van der Waals surface area contributed by atoms with Gasteiger partial charge < -0.3 is 4.74 Å². The van der Waals surface area contributed by atoms with Crippen LogP contribution in [0, 0.1) is 0 Å². The van der Waals surface area contributed by atoms with E-state index in [1.165, 1.54) is 0 Å². The summed E-state index contributed by atoms with van der Waals surface area (Å²) >= 11 is 4.81. The van der Waals surface area contributed by atoms with Gasteiger partial charge in [0.25, 0.3) is 0 Å². The molecular weight excluding hydrogens is 276 g/mol. The molecule has 0 N–H and O–H groups in total. The minimum atomic E-state index is -0.390. The number of hydrogen-bond donors (Lipinski definition) is 0. The molecule has 0 saturated carbocycles. The highest BCUT2D eigenvalue weighted by atomic mass is 32.2. The Kier molecular flexibility index (Phi) is 6.61. The lowest BCUT2D eigenvalue weighted by Crippen LogP contribution is -2.03. The highest BCUT2D eigenvalue weighted by Gasteiger charge is 2.07. The highest BCUT2D eigenvalue weighted by molar-refractivity contribution is 8.03. The van der Waals surface area contributed by atoms with E-state index in [9.17, 15) is 4.79 Å². The molecule has 0 aliphatic heterocycles. The number of nitrogens with zero attached hydrogens (tertiary/aromatic N) is 2. The van der Waals surface area contributed by atoms with Gasteiger partial charge in [0.05, 0.1) is 0 Å². The van der Waals surface area contributed by atoms with Crippen molar-refractivity contribution in [2.24, 2.45) is 0 Å². The zero-order valence-corrected chi connectivity index (χ0v) is 12.2. The maximum atomic E-state index is 10.8. The maximum absolute atomic E-state index is 10.8. The number of rotatable bonds is 7. The summed E-state index contributed by atoms with van der Waals surface area (Å²) in [6, 6.07) is 0. The second-order valence-corrected chi connectivity index (χ2v) is 7.36. The minimum absolute atomic E-state index is 0.363. The van der Waals surface area contributed by atoms with Crippen LogP contribution >= 0.6 is 34.9 Å². The number of aromatic nitrogens is 2. The average molecular weight is 290 g/mol. The molecule has 1 rings (SSSR count). The predicted octanol–water partition coefficient (Wildman–Crippen LogP) is 2.86. The standard InChI is InChI=1S/C10H14N2O2S3/c1-4-8(13)14-5-6-15-9-11-12-10(17-9)16-7(2)3/h4,7H,1,5-6H2,2-3H3. The van der Waals surface area contributed by atoms with E-state index in [0.717, 1.165) is 14.8 Å². The number of carbonyl (C=O) groups excluding carboxylic acids is 1. The SMILES string of the molecule is C=CC(=O)OCCSc1nnc(SC(C)C)s1. The largest absolute Gasteiger partial charge is 0.462 e. The van der Waals surface area contributed by atoms with E-state index in [1.807, 2.05) is 0 Å². The molecule has 0 aliphatic rings. The molecule has 0 unspecified atom stereocenters. The van der Waals surface area contributed by atoms with Crippen LogP contribution in [-0.2, 0) is 9.53 Å². The van der Waals surface area contributed by atoms with Crippen molar-refractivity contribution in [2.75, 3.05) is 12.4 Å². The van der Waals surface area contributed by atoms with E-state index in [1.54, 1.807) is 34.9 Å². The van der Waals surface area contributed by atoms with Gasteiger partial charge >= 0.3 is 5.97 Å². The quantitative estimate of drug-likeness (QED) is 0.333. The summed E-state index contributed by atoms with van der Waals surface area (Å²) in [6.07, 6.45) is 1.16. The first-order valence-corrected chi connectivity index (χ1v) is 7.72. The van der Waals surface area contributed by atoms with Gasteiger partial charge in [-0.2, -0.15) is 0 Å². The van der Waals surface area contributed by atoms with Crippen LogP contribution in [0.15, 0.2) is 21.3 Å². The Morgan fingerprint density at radius 1 is 1.53 bits per heavy atom. The van der Waals surface area contributed by atoms with Crippen LogP contribution in [0.4, 0.5) is 0 Å². The van der Waals surface area contributed by atoms with Crippen LogP contribution in [0.25, 0.3) is 0 Å². The van der Waals surface area contributed by atoms with Crippen molar-refractivity contribution >= 4 is 40.8 Å². The third-order valence-electron chi connectivity index (χ3n) is 1.44. The molecule has 4 nitrogen and oxygen atoms in total. The third-order valence-corrected chi connectivity index (χ3v) is 4.55. The van der Waals surface area contributed by atoms with E-state index in [2.05, 4.69) is 30.6 Å². The van der Waals surface area contributed by atoms with Gasteiger partial charge in [0.15, 0.2) is 8.68 Å². The lowest BCUT2D eigenvalue weighted by Gasteiger charge is -1.99. The Bertz CT molecular complexity index is 379. The van der Waals surface area contributed by atoms with Gasteiger partial charge in [-0.25, -0.2) is 4.79 Å². The Labute approximate surface area is 113 Å². The summed E-state index contributed by atoms with van der Waals surface area (Å²) in [6.45, 7) is 7.92.